The lowest BCUT2D eigenvalue weighted by molar-refractivity contribution is 1.12. The molecule has 0 saturated carbocycles. The van der Waals surface area contributed by atoms with E-state index in [1.165, 1.54) is 0 Å². The smallest absolute Gasteiger partial charge is 0.0575 e. The van der Waals surface area contributed by atoms with Gasteiger partial charge in [-0.25, -0.2) is 0 Å². The number of hydrogen-bond acceptors (Lipinski definition) is 1. The van der Waals surface area contributed by atoms with Gasteiger partial charge in [-0.2, -0.15) is 0 Å². The van der Waals surface area contributed by atoms with Gasteiger partial charge in [0.25, 0.3) is 0 Å². The summed E-state index contributed by atoms with van der Waals surface area (Å²) < 4.78 is 0. The molecule has 2 heteroatoms. The molecule has 2 nitrogen and oxygen atoms in total. The number of rotatable bonds is 0. The van der Waals surface area contributed by atoms with E-state index in [2.05, 4.69) is 4.98 Å². The average molecular weight is 121 g/mol. The second kappa shape index (κ2) is 2.05. The molecule has 0 amide bonds. The monoisotopic (exact) mass is 121 g/mol. The van der Waals surface area contributed by atoms with E-state index in [9.17, 15) is 0 Å². The standard InChI is InChI=1S/C7H9N2/c1-5-3-7(8)4-6(2)9-5/h3-4,8H,1-2H3. The van der Waals surface area contributed by atoms with Crippen molar-refractivity contribution in [2.75, 3.05) is 0 Å². The molecule has 0 fully saturated rings. The average Bonchev–Trinajstić information content (AvgIpc) is 1.59. The molecule has 0 saturated heterocycles. The highest BCUT2D eigenvalue weighted by Gasteiger charge is 1.90. The Bertz CT molecular complexity index is 168. The Morgan fingerprint density at radius 1 is 1.22 bits per heavy atom. The largest absolute Gasteiger partial charge is 0.301 e. The molecule has 0 bridgehead atoms. The quantitative estimate of drug-likeness (QED) is 0.513. The predicted molar refractivity (Wildman–Crippen MR) is 36.5 cm³/mol. The molecule has 47 valence electrons. The van der Waals surface area contributed by atoms with Gasteiger partial charge in [0.1, 0.15) is 0 Å². The van der Waals surface area contributed by atoms with Gasteiger partial charge >= 0.3 is 0 Å². The molecule has 1 rings (SSSR count). The second-order valence-electron chi connectivity index (χ2n) is 2.14. The maximum absolute atomic E-state index is 7.24. The minimum atomic E-state index is 0.542. The number of aromatic nitrogens is 1. The highest BCUT2D eigenvalue weighted by molar-refractivity contribution is 5.35. The van der Waals surface area contributed by atoms with Crippen molar-refractivity contribution in [3.8, 4) is 0 Å². The summed E-state index contributed by atoms with van der Waals surface area (Å²) in [5.41, 5.74) is 9.61. The van der Waals surface area contributed by atoms with Crippen LogP contribution in [0.2, 0.25) is 0 Å². The number of nitrogens with one attached hydrogen (secondary N) is 1. The van der Waals surface area contributed by atoms with Gasteiger partial charge in [-0.05, 0) is 26.0 Å². The SMILES string of the molecule is Cc1cc([NH])cc(C)n1. The zero-order valence-corrected chi connectivity index (χ0v) is 5.60. The van der Waals surface area contributed by atoms with Crippen LogP contribution in [0.1, 0.15) is 11.4 Å². The molecule has 0 spiro atoms. The molecule has 1 heterocycles. The van der Waals surface area contributed by atoms with Gasteiger partial charge in [0, 0.05) is 11.4 Å². The molecule has 0 aliphatic carbocycles. The molecule has 1 aromatic heterocycles. The fourth-order valence-electron chi connectivity index (χ4n) is 0.834. The van der Waals surface area contributed by atoms with E-state index in [0.717, 1.165) is 11.4 Å². The van der Waals surface area contributed by atoms with Gasteiger partial charge in [-0.1, -0.05) is 0 Å². The van der Waals surface area contributed by atoms with E-state index in [1.54, 1.807) is 12.1 Å². The van der Waals surface area contributed by atoms with Crippen molar-refractivity contribution in [2.24, 2.45) is 0 Å². The van der Waals surface area contributed by atoms with Gasteiger partial charge in [-0.3, -0.25) is 4.98 Å². The van der Waals surface area contributed by atoms with E-state index in [1.807, 2.05) is 13.8 Å². The summed E-state index contributed by atoms with van der Waals surface area (Å²) in [6.07, 6.45) is 0. The van der Waals surface area contributed by atoms with Crippen LogP contribution in [0.4, 0.5) is 5.69 Å². The zero-order valence-electron chi connectivity index (χ0n) is 5.60. The van der Waals surface area contributed by atoms with Crippen LogP contribution in [0.5, 0.6) is 0 Å². The predicted octanol–water partition coefficient (Wildman–Crippen LogP) is 1.61. The van der Waals surface area contributed by atoms with Crippen molar-refractivity contribution in [3.63, 3.8) is 0 Å². The van der Waals surface area contributed by atoms with Crippen molar-refractivity contribution in [1.82, 2.24) is 10.7 Å². The van der Waals surface area contributed by atoms with Gasteiger partial charge in [0.05, 0.1) is 5.69 Å². The molecule has 1 N–H and O–H groups in total. The van der Waals surface area contributed by atoms with Gasteiger partial charge in [-0.15, -0.1) is 0 Å². The van der Waals surface area contributed by atoms with Crippen molar-refractivity contribution in [1.29, 1.82) is 0 Å². The minimum Gasteiger partial charge on any atom is -0.301 e. The topological polar surface area (TPSA) is 36.7 Å². The highest BCUT2D eigenvalue weighted by Crippen LogP contribution is 2.06. The molecule has 0 aliphatic heterocycles. The summed E-state index contributed by atoms with van der Waals surface area (Å²) >= 11 is 0. The van der Waals surface area contributed by atoms with Crippen LogP contribution in [-0.2, 0) is 0 Å². The molecular formula is C7H9N2. The van der Waals surface area contributed by atoms with E-state index in [4.69, 9.17) is 5.73 Å². The molecular weight excluding hydrogens is 112 g/mol. The summed E-state index contributed by atoms with van der Waals surface area (Å²) in [6, 6.07) is 3.49. The van der Waals surface area contributed by atoms with Crippen LogP contribution < -0.4 is 5.73 Å². The van der Waals surface area contributed by atoms with Crippen molar-refractivity contribution >= 4 is 5.69 Å². The number of aryl methyl sites for hydroxylation is 2. The summed E-state index contributed by atoms with van der Waals surface area (Å²) in [7, 11) is 0. The Kier molecular flexibility index (Phi) is 1.39. The first-order chi connectivity index (χ1) is 4.18. The van der Waals surface area contributed by atoms with Crippen LogP contribution in [0.3, 0.4) is 0 Å². The highest BCUT2D eigenvalue weighted by atomic mass is 14.7. The Labute approximate surface area is 54.7 Å². The Balaban J connectivity index is 3.17. The van der Waals surface area contributed by atoms with Crippen molar-refractivity contribution in [2.45, 2.75) is 13.8 Å². The first-order valence-corrected chi connectivity index (χ1v) is 2.85. The lowest BCUT2D eigenvalue weighted by Gasteiger charge is -1.95. The van der Waals surface area contributed by atoms with Gasteiger partial charge < -0.3 is 5.73 Å². The zero-order chi connectivity index (χ0) is 6.85. The minimum absolute atomic E-state index is 0.542. The summed E-state index contributed by atoms with van der Waals surface area (Å²) in [5, 5.41) is 0. The normalized spacial score (nSPS) is 9.56. The van der Waals surface area contributed by atoms with E-state index < -0.39 is 0 Å². The number of nitrogens with zero attached hydrogens (tertiary/aromatic N) is 1. The molecule has 9 heavy (non-hydrogen) atoms. The van der Waals surface area contributed by atoms with Crippen molar-refractivity contribution in [3.05, 3.63) is 23.5 Å². The maximum atomic E-state index is 7.24. The molecule has 1 radical (unpaired) electrons. The number of pyridine rings is 1. The van der Waals surface area contributed by atoms with E-state index in [0.29, 0.717) is 5.69 Å². The molecule has 1 aromatic rings. The van der Waals surface area contributed by atoms with Crippen LogP contribution in [0.25, 0.3) is 0 Å². The Morgan fingerprint density at radius 3 is 2.00 bits per heavy atom. The molecule has 0 aliphatic rings. The van der Waals surface area contributed by atoms with Crippen LogP contribution in [0, 0.1) is 13.8 Å². The summed E-state index contributed by atoms with van der Waals surface area (Å²) in [4.78, 5) is 4.11. The first-order valence-electron chi connectivity index (χ1n) is 2.85. The number of hydrogen-bond donors (Lipinski definition) is 0. The fraction of sp³-hybridized carbons (Fsp3) is 0.286. The Morgan fingerprint density at radius 2 is 1.67 bits per heavy atom. The third-order valence-corrected chi connectivity index (χ3v) is 1.08. The lowest BCUT2D eigenvalue weighted by atomic mass is 10.3. The molecule has 0 unspecified atom stereocenters. The summed E-state index contributed by atoms with van der Waals surface area (Å²) in [5.74, 6) is 0. The maximum Gasteiger partial charge on any atom is 0.0575 e. The third-order valence-electron chi connectivity index (χ3n) is 1.08. The third kappa shape index (κ3) is 1.42. The van der Waals surface area contributed by atoms with E-state index in [-0.39, 0.29) is 0 Å². The fourth-order valence-corrected chi connectivity index (χ4v) is 0.834. The van der Waals surface area contributed by atoms with Crippen LogP contribution >= 0.6 is 0 Å². The van der Waals surface area contributed by atoms with Crippen LogP contribution in [-0.4, -0.2) is 4.98 Å². The van der Waals surface area contributed by atoms with Gasteiger partial charge in [0.2, 0.25) is 0 Å². The van der Waals surface area contributed by atoms with Crippen molar-refractivity contribution < 1.29 is 0 Å². The molecule has 0 atom stereocenters. The first kappa shape index (κ1) is 6.08. The molecule has 0 aromatic carbocycles. The summed E-state index contributed by atoms with van der Waals surface area (Å²) in [6.45, 7) is 3.79. The van der Waals surface area contributed by atoms with Gasteiger partial charge in [0.15, 0.2) is 0 Å². The van der Waals surface area contributed by atoms with E-state index >= 15 is 0 Å². The Hall–Kier alpha value is -1.05. The van der Waals surface area contributed by atoms with Crippen LogP contribution in [0.15, 0.2) is 12.1 Å². The lowest BCUT2D eigenvalue weighted by Crippen LogP contribution is -1.84. The second-order valence-corrected chi connectivity index (χ2v) is 2.14.